The van der Waals surface area contributed by atoms with Gasteiger partial charge < -0.3 is 14.7 Å². The van der Waals surface area contributed by atoms with Gasteiger partial charge in [0.1, 0.15) is 5.92 Å². The topological polar surface area (TPSA) is 70.1 Å². The molecule has 0 aromatic carbocycles. The van der Waals surface area contributed by atoms with Crippen LogP contribution in [0.5, 0.6) is 0 Å². The van der Waals surface area contributed by atoms with E-state index in [9.17, 15) is 14.7 Å². The molecule has 0 aromatic rings. The third-order valence-corrected chi connectivity index (χ3v) is 4.40. The molecule has 2 rings (SSSR count). The van der Waals surface area contributed by atoms with Gasteiger partial charge in [-0.3, -0.25) is 14.5 Å². The number of amides is 1. The van der Waals surface area contributed by atoms with Gasteiger partial charge in [0.2, 0.25) is 5.91 Å². The van der Waals surface area contributed by atoms with E-state index in [-0.39, 0.29) is 5.91 Å². The van der Waals surface area contributed by atoms with Crippen molar-refractivity contribution >= 4 is 11.9 Å². The minimum absolute atomic E-state index is 0.245. The van der Waals surface area contributed by atoms with Crippen LogP contribution >= 0.6 is 0 Å². The van der Waals surface area contributed by atoms with Gasteiger partial charge in [0.15, 0.2) is 0 Å². The van der Waals surface area contributed by atoms with Crippen LogP contribution < -0.4 is 0 Å². The number of nitrogens with zero attached hydrogens (tertiary/aromatic N) is 2. The molecule has 2 atom stereocenters. The molecule has 1 amide bonds. The summed E-state index contributed by atoms with van der Waals surface area (Å²) in [5.41, 5.74) is -0.569. The highest BCUT2D eigenvalue weighted by atomic mass is 16.5. The number of hydrogen-bond donors (Lipinski definition) is 1. The number of carbonyl (C=O) groups excluding carboxylic acids is 1. The first kappa shape index (κ1) is 16.2. The Kier molecular flexibility index (Phi) is 4.88. The molecule has 0 aliphatic carbocycles. The van der Waals surface area contributed by atoms with Crippen LogP contribution in [0.3, 0.4) is 0 Å². The Morgan fingerprint density at radius 3 is 2.33 bits per heavy atom. The van der Waals surface area contributed by atoms with Gasteiger partial charge >= 0.3 is 5.97 Å². The first-order valence-corrected chi connectivity index (χ1v) is 7.64. The third kappa shape index (κ3) is 3.74. The van der Waals surface area contributed by atoms with Crippen LogP contribution in [0.25, 0.3) is 0 Å². The van der Waals surface area contributed by atoms with Crippen LogP contribution in [0.2, 0.25) is 0 Å². The molecular weight excluding hydrogens is 272 g/mol. The van der Waals surface area contributed by atoms with E-state index in [0.29, 0.717) is 19.1 Å². The van der Waals surface area contributed by atoms with Crippen LogP contribution in [-0.4, -0.2) is 72.2 Å². The van der Waals surface area contributed by atoms with Gasteiger partial charge in [0.25, 0.3) is 0 Å². The van der Waals surface area contributed by atoms with E-state index in [2.05, 4.69) is 4.90 Å². The molecule has 1 N–H and O–H groups in total. The monoisotopic (exact) mass is 298 g/mol. The van der Waals surface area contributed by atoms with E-state index in [4.69, 9.17) is 4.74 Å². The van der Waals surface area contributed by atoms with Gasteiger partial charge in [-0.25, -0.2) is 0 Å². The molecule has 2 aliphatic rings. The molecule has 2 fully saturated rings. The van der Waals surface area contributed by atoms with Crippen molar-refractivity contribution in [2.24, 2.45) is 11.3 Å². The number of rotatable bonds is 3. The zero-order valence-corrected chi connectivity index (χ0v) is 13.2. The largest absolute Gasteiger partial charge is 0.481 e. The van der Waals surface area contributed by atoms with E-state index in [1.165, 1.54) is 0 Å². The molecule has 0 spiro atoms. The Morgan fingerprint density at radius 1 is 1.19 bits per heavy atom. The maximum absolute atomic E-state index is 12.6. The summed E-state index contributed by atoms with van der Waals surface area (Å²) in [5, 5.41) is 9.38. The van der Waals surface area contributed by atoms with Crippen LogP contribution in [-0.2, 0) is 14.3 Å². The molecule has 2 heterocycles. The van der Waals surface area contributed by atoms with Crippen molar-refractivity contribution in [1.29, 1.82) is 0 Å². The summed E-state index contributed by atoms with van der Waals surface area (Å²) in [5.74, 6) is -2.24. The zero-order valence-electron chi connectivity index (χ0n) is 13.2. The lowest BCUT2D eigenvalue weighted by molar-refractivity contribution is -0.155. The average Bonchev–Trinajstić information content (AvgIpc) is 2.87. The fourth-order valence-electron chi connectivity index (χ4n) is 3.21. The van der Waals surface area contributed by atoms with Crippen molar-refractivity contribution in [3.8, 4) is 0 Å². The van der Waals surface area contributed by atoms with Gasteiger partial charge in [0, 0.05) is 32.2 Å². The molecule has 2 unspecified atom stereocenters. The minimum atomic E-state index is -1.03. The normalized spacial score (nSPS) is 25.9. The van der Waals surface area contributed by atoms with Crippen molar-refractivity contribution in [1.82, 2.24) is 9.80 Å². The standard InChI is InChI=1S/C15H26N2O4/c1-15(2,3)12(14(19)20)13(18)17-5-4-11(10-17)16-6-8-21-9-7-16/h11-12H,4-10H2,1-3H3,(H,19,20). The summed E-state index contributed by atoms with van der Waals surface area (Å²) in [6.45, 7) is 9.98. The fourth-order valence-corrected chi connectivity index (χ4v) is 3.21. The van der Waals surface area contributed by atoms with E-state index >= 15 is 0 Å². The first-order valence-electron chi connectivity index (χ1n) is 7.64. The Morgan fingerprint density at radius 2 is 1.81 bits per heavy atom. The second-order valence-corrected chi connectivity index (χ2v) is 7.01. The number of carboxylic acids is 1. The van der Waals surface area contributed by atoms with Crippen LogP contribution in [0.4, 0.5) is 0 Å². The maximum Gasteiger partial charge on any atom is 0.316 e. The highest BCUT2D eigenvalue weighted by Gasteiger charge is 2.42. The molecule has 6 nitrogen and oxygen atoms in total. The number of aliphatic carboxylic acids is 1. The molecule has 2 saturated heterocycles. The van der Waals surface area contributed by atoms with Crippen molar-refractivity contribution < 1.29 is 19.4 Å². The van der Waals surface area contributed by atoms with Crippen molar-refractivity contribution in [2.75, 3.05) is 39.4 Å². The van der Waals surface area contributed by atoms with Gasteiger partial charge in [-0.1, -0.05) is 20.8 Å². The molecule has 0 bridgehead atoms. The number of carbonyl (C=O) groups is 2. The predicted octanol–water partition coefficient (Wildman–Crippen LogP) is 0.666. The van der Waals surface area contributed by atoms with Crippen LogP contribution in [0.15, 0.2) is 0 Å². The highest BCUT2D eigenvalue weighted by molar-refractivity contribution is 5.97. The number of ether oxygens (including phenoxy) is 1. The molecule has 120 valence electrons. The Hall–Kier alpha value is -1.14. The first-order chi connectivity index (χ1) is 9.80. The molecule has 0 saturated carbocycles. The molecule has 0 aromatic heterocycles. The molecule has 2 aliphatic heterocycles. The lowest BCUT2D eigenvalue weighted by atomic mass is 9.80. The van der Waals surface area contributed by atoms with Crippen LogP contribution in [0.1, 0.15) is 27.2 Å². The Bertz CT molecular complexity index is 399. The average molecular weight is 298 g/mol. The summed E-state index contributed by atoms with van der Waals surface area (Å²) in [6.07, 6.45) is 0.919. The predicted molar refractivity (Wildman–Crippen MR) is 78.0 cm³/mol. The van der Waals surface area contributed by atoms with E-state index < -0.39 is 17.3 Å². The van der Waals surface area contributed by atoms with Crippen molar-refractivity contribution in [3.63, 3.8) is 0 Å². The summed E-state index contributed by atoms with van der Waals surface area (Å²) in [7, 11) is 0. The number of likely N-dealkylation sites (tertiary alicyclic amines) is 1. The Labute approximate surface area is 126 Å². The Balaban J connectivity index is 1.99. The molecular formula is C15H26N2O4. The summed E-state index contributed by atoms with van der Waals surface area (Å²) in [4.78, 5) is 28.1. The lowest BCUT2D eigenvalue weighted by Crippen LogP contribution is -2.47. The smallest absolute Gasteiger partial charge is 0.316 e. The van der Waals surface area contributed by atoms with Gasteiger partial charge in [-0.05, 0) is 11.8 Å². The van der Waals surface area contributed by atoms with Gasteiger partial charge in [-0.15, -0.1) is 0 Å². The zero-order chi connectivity index (χ0) is 15.6. The highest BCUT2D eigenvalue weighted by Crippen LogP contribution is 2.30. The van der Waals surface area contributed by atoms with Gasteiger partial charge in [0.05, 0.1) is 13.2 Å². The summed E-state index contributed by atoms with van der Waals surface area (Å²) >= 11 is 0. The quantitative estimate of drug-likeness (QED) is 0.775. The van der Waals surface area contributed by atoms with E-state index in [0.717, 1.165) is 32.7 Å². The van der Waals surface area contributed by atoms with Crippen molar-refractivity contribution in [3.05, 3.63) is 0 Å². The number of hydrogen-bond acceptors (Lipinski definition) is 4. The van der Waals surface area contributed by atoms with E-state index in [1.807, 2.05) is 0 Å². The van der Waals surface area contributed by atoms with Crippen LogP contribution in [0, 0.1) is 11.3 Å². The lowest BCUT2D eigenvalue weighted by Gasteiger charge is -2.33. The number of carboxylic acid groups (broad SMARTS) is 1. The maximum atomic E-state index is 12.6. The van der Waals surface area contributed by atoms with Gasteiger partial charge in [-0.2, -0.15) is 0 Å². The summed E-state index contributed by atoms with van der Waals surface area (Å²) < 4.78 is 5.35. The number of morpholine rings is 1. The minimum Gasteiger partial charge on any atom is -0.481 e. The van der Waals surface area contributed by atoms with E-state index in [1.54, 1.807) is 25.7 Å². The molecule has 6 heteroatoms. The third-order valence-electron chi connectivity index (χ3n) is 4.40. The summed E-state index contributed by atoms with van der Waals surface area (Å²) in [6, 6.07) is 0.340. The fraction of sp³-hybridized carbons (Fsp3) is 0.867. The van der Waals surface area contributed by atoms with Crippen molar-refractivity contribution in [2.45, 2.75) is 33.2 Å². The molecule has 0 radical (unpaired) electrons. The SMILES string of the molecule is CC(C)(C)C(C(=O)O)C(=O)N1CCC(N2CCOCC2)C1. The second kappa shape index (κ2) is 6.32. The molecule has 21 heavy (non-hydrogen) atoms. The second-order valence-electron chi connectivity index (χ2n) is 7.01.